The Kier molecular flexibility index (Phi) is 7.53. The lowest BCUT2D eigenvalue weighted by Crippen LogP contribution is -2.23. The maximum absolute atomic E-state index is 6.11. The van der Waals surface area contributed by atoms with E-state index in [-0.39, 0.29) is 0 Å². The molecular weight excluding hydrogens is 448 g/mol. The summed E-state index contributed by atoms with van der Waals surface area (Å²) in [6, 6.07) is 17.0. The maximum atomic E-state index is 6.11. The first-order valence-corrected chi connectivity index (χ1v) is 14.4. The van der Waals surface area contributed by atoms with E-state index in [4.69, 9.17) is 18.9 Å². The highest BCUT2D eigenvalue weighted by Gasteiger charge is 2.40. The van der Waals surface area contributed by atoms with Crippen LogP contribution in [-0.4, -0.2) is 38.6 Å². The Labute approximate surface area is 216 Å². The maximum Gasteiger partial charge on any atom is 0.119 e. The second-order valence-corrected chi connectivity index (χ2v) is 11.7. The Bertz CT molecular complexity index is 891. The quantitative estimate of drug-likeness (QED) is 0.300. The molecule has 36 heavy (non-hydrogen) atoms. The van der Waals surface area contributed by atoms with Crippen LogP contribution in [0.3, 0.4) is 0 Å². The molecule has 0 aliphatic heterocycles. The summed E-state index contributed by atoms with van der Waals surface area (Å²) in [6.07, 6.45) is 11.8. The molecule has 194 valence electrons. The fourth-order valence-electron chi connectivity index (χ4n) is 7.40. The minimum absolute atomic E-state index is 0.315. The third kappa shape index (κ3) is 5.60. The summed E-state index contributed by atoms with van der Waals surface area (Å²) in [6.45, 7) is 4.87. The number of benzene rings is 2. The Balaban J connectivity index is 0.905. The van der Waals surface area contributed by atoms with Crippen LogP contribution in [0, 0.1) is 23.7 Å². The first-order chi connectivity index (χ1) is 17.7. The second kappa shape index (κ2) is 11.1. The van der Waals surface area contributed by atoms with Crippen molar-refractivity contribution in [3.63, 3.8) is 0 Å². The fraction of sp³-hybridized carbons (Fsp3) is 0.625. The molecule has 0 saturated heterocycles. The van der Waals surface area contributed by atoms with Crippen LogP contribution in [-0.2, 0) is 9.47 Å². The summed E-state index contributed by atoms with van der Waals surface area (Å²) >= 11 is 0. The van der Waals surface area contributed by atoms with Crippen LogP contribution in [0.5, 0.6) is 11.5 Å². The lowest BCUT2D eigenvalue weighted by Gasteiger charge is -2.22. The lowest BCUT2D eigenvalue weighted by atomic mass is 9.93. The second-order valence-electron chi connectivity index (χ2n) is 11.7. The van der Waals surface area contributed by atoms with Gasteiger partial charge in [0.1, 0.15) is 24.7 Å². The first-order valence-electron chi connectivity index (χ1n) is 14.4. The minimum atomic E-state index is 0.315. The van der Waals surface area contributed by atoms with Gasteiger partial charge in [-0.25, -0.2) is 0 Å². The Morgan fingerprint density at radius 1 is 0.583 bits per heavy atom. The van der Waals surface area contributed by atoms with Crippen LogP contribution < -0.4 is 9.47 Å². The minimum Gasteiger partial charge on any atom is -0.491 e. The molecule has 4 aliphatic carbocycles. The van der Waals surface area contributed by atoms with Gasteiger partial charge in [-0.1, -0.05) is 31.2 Å². The van der Waals surface area contributed by atoms with Crippen molar-refractivity contribution in [1.29, 1.82) is 0 Å². The third-order valence-corrected chi connectivity index (χ3v) is 9.47. The van der Waals surface area contributed by atoms with Gasteiger partial charge in [-0.15, -0.1) is 0 Å². The molecule has 2 aromatic rings. The fourth-order valence-corrected chi connectivity index (χ4v) is 7.40. The van der Waals surface area contributed by atoms with E-state index in [2.05, 4.69) is 55.5 Å². The molecule has 0 heterocycles. The van der Waals surface area contributed by atoms with Crippen LogP contribution in [0.25, 0.3) is 0 Å². The van der Waals surface area contributed by atoms with Crippen LogP contribution in [0.1, 0.15) is 75.3 Å². The zero-order chi connectivity index (χ0) is 24.3. The molecule has 6 rings (SSSR count). The summed E-state index contributed by atoms with van der Waals surface area (Å²) in [7, 11) is 0. The zero-order valence-corrected chi connectivity index (χ0v) is 21.8. The topological polar surface area (TPSA) is 36.9 Å². The molecule has 4 nitrogen and oxygen atoms in total. The first kappa shape index (κ1) is 24.3. The number of hydrogen-bond donors (Lipinski definition) is 0. The van der Waals surface area contributed by atoms with E-state index in [9.17, 15) is 0 Å². The van der Waals surface area contributed by atoms with Gasteiger partial charge in [0.05, 0.1) is 25.4 Å². The lowest BCUT2D eigenvalue weighted by molar-refractivity contribution is 0.00233. The summed E-state index contributed by atoms with van der Waals surface area (Å²) in [5, 5.41) is 0. The van der Waals surface area contributed by atoms with Gasteiger partial charge in [-0.2, -0.15) is 0 Å². The van der Waals surface area contributed by atoms with Gasteiger partial charge in [-0.05, 0) is 110 Å². The van der Waals surface area contributed by atoms with Crippen molar-refractivity contribution in [3.05, 3.63) is 59.7 Å². The number of ether oxygens (including phenoxy) is 4. The highest BCUT2D eigenvalue weighted by molar-refractivity contribution is 5.37. The van der Waals surface area contributed by atoms with Crippen molar-refractivity contribution in [2.75, 3.05) is 26.4 Å². The van der Waals surface area contributed by atoms with Gasteiger partial charge in [0.2, 0.25) is 0 Å². The molecule has 2 aromatic carbocycles. The Morgan fingerprint density at radius 3 is 1.39 bits per heavy atom. The smallest absolute Gasteiger partial charge is 0.119 e. The van der Waals surface area contributed by atoms with E-state index in [0.717, 1.165) is 35.2 Å². The van der Waals surface area contributed by atoms with Crippen molar-refractivity contribution >= 4 is 0 Å². The zero-order valence-electron chi connectivity index (χ0n) is 21.8. The van der Waals surface area contributed by atoms with Crippen LogP contribution in [0.15, 0.2) is 48.5 Å². The monoisotopic (exact) mass is 490 g/mol. The predicted octanol–water partition coefficient (Wildman–Crippen LogP) is 7.01. The van der Waals surface area contributed by atoms with E-state index >= 15 is 0 Å². The molecule has 0 radical (unpaired) electrons. The SMILES string of the molecule is CC(c1ccc(OCCOC2CC3CCC2C3)cc1)c1ccc(OCCOC2CC3CCC2C3)cc1. The van der Waals surface area contributed by atoms with Crippen LogP contribution >= 0.6 is 0 Å². The molecule has 4 fully saturated rings. The van der Waals surface area contributed by atoms with Gasteiger partial charge in [0.25, 0.3) is 0 Å². The van der Waals surface area contributed by atoms with E-state index in [0.29, 0.717) is 44.6 Å². The van der Waals surface area contributed by atoms with E-state index < -0.39 is 0 Å². The number of rotatable bonds is 12. The van der Waals surface area contributed by atoms with Crippen LogP contribution in [0.2, 0.25) is 0 Å². The summed E-state index contributed by atoms with van der Waals surface area (Å²) in [5.41, 5.74) is 2.57. The van der Waals surface area contributed by atoms with Crippen molar-refractivity contribution in [1.82, 2.24) is 0 Å². The molecule has 4 aliphatic rings. The molecule has 6 unspecified atom stereocenters. The molecule has 4 heteroatoms. The number of fused-ring (bicyclic) bond motifs is 4. The molecule has 0 spiro atoms. The molecule has 4 saturated carbocycles. The number of hydrogen-bond acceptors (Lipinski definition) is 4. The van der Waals surface area contributed by atoms with Crippen molar-refractivity contribution in [3.8, 4) is 11.5 Å². The van der Waals surface area contributed by atoms with Crippen molar-refractivity contribution in [2.45, 2.75) is 76.4 Å². The van der Waals surface area contributed by atoms with Gasteiger partial charge >= 0.3 is 0 Å². The molecule has 0 aromatic heterocycles. The molecule has 6 atom stereocenters. The third-order valence-electron chi connectivity index (χ3n) is 9.47. The average Bonchev–Trinajstić information content (AvgIpc) is 3.72. The van der Waals surface area contributed by atoms with Gasteiger partial charge in [-0.3, -0.25) is 0 Å². The molecular formula is C32H42O4. The summed E-state index contributed by atoms with van der Waals surface area (Å²) in [4.78, 5) is 0. The molecule has 0 N–H and O–H groups in total. The van der Waals surface area contributed by atoms with Crippen molar-refractivity contribution < 1.29 is 18.9 Å². The highest BCUT2D eigenvalue weighted by Crippen LogP contribution is 2.46. The van der Waals surface area contributed by atoms with Gasteiger partial charge in [0, 0.05) is 5.92 Å². The average molecular weight is 491 g/mol. The van der Waals surface area contributed by atoms with Crippen molar-refractivity contribution in [2.24, 2.45) is 23.7 Å². The van der Waals surface area contributed by atoms with Gasteiger partial charge in [0.15, 0.2) is 0 Å². The molecule has 0 amide bonds. The summed E-state index contributed by atoms with van der Waals surface area (Å²) in [5.74, 6) is 5.61. The van der Waals surface area contributed by atoms with E-state index in [1.54, 1.807) is 0 Å². The standard InChI is InChI=1S/C32H42O4/c1-22(25-6-10-29(11-7-25)33-14-16-35-31-20-23-2-4-27(31)18-23)26-8-12-30(13-9-26)34-15-17-36-32-21-24-3-5-28(32)19-24/h6-13,22-24,27-28,31-32H,2-5,14-21H2,1H3. The van der Waals surface area contributed by atoms with E-state index in [1.165, 1.54) is 62.5 Å². The molecule has 4 bridgehead atoms. The largest absolute Gasteiger partial charge is 0.491 e. The summed E-state index contributed by atoms with van der Waals surface area (Å²) < 4.78 is 24.1. The van der Waals surface area contributed by atoms with Gasteiger partial charge < -0.3 is 18.9 Å². The van der Waals surface area contributed by atoms with Crippen LogP contribution in [0.4, 0.5) is 0 Å². The normalized spacial score (nSPS) is 31.1. The van der Waals surface area contributed by atoms with E-state index in [1.807, 2.05) is 0 Å². The Morgan fingerprint density at radius 2 is 1.03 bits per heavy atom. The highest BCUT2D eigenvalue weighted by atomic mass is 16.5. The Hall–Kier alpha value is -2.04. The predicted molar refractivity (Wildman–Crippen MR) is 142 cm³/mol.